The number of thiol groups is 1. The minimum atomic E-state index is 0.0162. The summed E-state index contributed by atoms with van der Waals surface area (Å²) in [5.74, 6) is 2.08. The number of fused-ring (bicyclic) bond motifs is 6. The van der Waals surface area contributed by atoms with Crippen LogP contribution in [0, 0.1) is 11.8 Å². The monoisotopic (exact) mass is 712 g/mol. The summed E-state index contributed by atoms with van der Waals surface area (Å²) in [5, 5.41) is 3.06. The summed E-state index contributed by atoms with van der Waals surface area (Å²) in [4.78, 5) is 5.67. The first-order valence-electron chi connectivity index (χ1n) is 18.7. The van der Waals surface area contributed by atoms with E-state index in [2.05, 4.69) is 157 Å². The summed E-state index contributed by atoms with van der Waals surface area (Å²) in [6.45, 7) is 2.39. The van der Waals surface area contributed by atoms with Crippen molar-refractivity contribution in [2.75, 3.05) is 11.2 Å². The maximum atomic E-state index is 6.64. The smallest absolute Gasteiger partial charge is 0.157 e. The molecule has 0 amide bonds. The molecule has 0 aromatic heterocycles. The third-order valence-electron chi connectivity index (χ3n) is 11.7. The van der Waals surface area contributed by atoms with E-state index in [0.29, 0.717) is 17.1 Å². The molecule has 3 aromatic carbocycles. The predicted molar refractivity (Wildman–Crippen MR) is 223 cm³/mol. The standard InChI is InChI=1S/C48H41NOS2/c1-30-12-9-19-39(45(30)47-44(51-2)29-28-37-36-16-6-8-23-43(36)52-48(37)47)49(40-20-11-22-42-46(40)38-17-5-7-21-41(38)50-42)33-26-24-32(25-27-33)35-18-10-14-31-13-3-4-15-34(31)35/h3-6,8,10-11,13-16,18-21,23-27,29,36-37,42-43H,9,12,17,22,28H2,1-2H3/p+1. The quantitative estimate of drug-likeness (QED) is 0.143. The Morgan fingerprint density at radius 2 is 1.79 bits per heavy atom. The summed E-state index contributed by atoms with van der Waals surface area (Å²) >= 11 is 3.45. The minimum Gasteiger partial charge on any atom is -0.484 e. The molecule has 0 radical (unpaired) electrons. The highest BCUT2D eigenvalue weighted by Gasteiger charge is 2.45. The first-order chi connectivity index (χ1) is 25.7. The maximum Gasteiger partial charge on any atom is 0.157 e. The highest BCUT2D eigenvalue weighted by Crippen LogP contribution is 2.57. The number of benzene rings is 3. The molecule has 256 valence electrons. The molecule has 3 aromatic rings. The van der Waals surface area contributed by atoms with Crippen molar-refractivity contribution < 1.29 is 4.74 Å². The van der Waals surface area contributed by atoms with E-state index in [-0.39, 0.29) is 6.10 Å². The third-order valence-corrected chi connectivity index (χ3v) is 14.1. The van der Waals surface area contributed by atoms with Gasteiger partial charge in [-0.2, -0.15) is 0 Å². The Hall–Kier alpha value is -4.60. The van der Waals surface area contributed by atoms with Gasteiger partial charge in [0.25, 0.3) is 0 Å². The van der Waals surface area contributed by atoms with E-state index in [1.807, 2.05) is 6.08 Å². The summed E-state index contributed by atoms with van der Waals surface area (Å²) in [5.41, 5.74) is 16.6. The molecule has 1 saturated heterocycles. The lowest BCUT2D eigenvalue weighted by molar-refractivity contribution is 0.177. The van der Waals surface area contributed by atoms with Crippen molar-refractivity contribution >= 4 is 40.0 Å². The van der Waals surface area contributed by atoms with Gasteiger partial charge >= 0.3 is 0 Å². The van der Waals surface area contributed by atoms with Gasteiger partial charge in [0.1, 0.15) is 18.1 Å². The molecular formula is C48H42NOS2+. The minimum absolute atomic E-state index is 0.0162. The van der Waals surface area contributed by atoms with E-state index in [0.717, 1.165) is 37.9 Å². The SMILES string of the molecule is C[SH+]C1=CCC2C(=C1C1=C(C)CCC=C1N(C1=C3C4=C(C=C=CC4)OC3CC=C1)c1ccc(-c3cccc4ccccc34)cc1)SC1C=CC=CC12. The molecule has 0 N–H and O–H groups in total. The van der Waals surface area contributed by atoms with Crippen LogP contribution in [0.25, 0.3) is 21.9 Å². The van der Waals surface area contributed by atoms with E-state index < -0.39 is 0 Å². The van der Waals surface area contributed by atoms with Crippen LogP contribution in [-0.2, 0) is 16.5 Å². The van der Waals surface area contributed by atoms with Crippen LogP contribution >= 0.6 is 11.8 Å². The van der Waals surface area contributed by atoms with Crippen LogP contribution in [0.2, 0.25) is 0 Å². The second-order valence-electron chi connectivity index (χ2n) is 14.6. The van der Waals surface area contributed by atoms with E-state index in [9.17, 15) is 0 Å². The summed E-state index contributed by atoms with van der Waals surface area (Å²) in [6.07, 6.45) is 30.7. The number of allylic oxidation sites excluding steroid dienone is 11. The maximum absolute atomic E-state index is 6.64. The van der Waals surface area contributed by atoms with Crippen molar-refractivity contribution in [3.8, 4) is 11.1 Å². The zero-order chi connectivity index (χ0) is 34.8. The average molecular weight is 713 g/mol. The van der Waals surface area contributed by atoms with Gasteiger partial charge in [-0.25, -0.2) is 0 Å². The van der Waals surface area contributed by atoms with Crippen LogP contribution in [-0.4, -0.2) is 17.6 Å². The van der Waals surface area contributed by atoms with E-state index in [1.54, 1.807) is 4.91 Å². The molecule has 7 aliphatic rings. The normalized spacial score (nSPS) is 25.7. The largest absolute Gasteiger partial charge is 0.484 e. The molecule has 4 unspecified atom stereocenters. The lowest BCUT2D eigenvalue weighted by atomic mass is 9.78. The lowest BCUT2D eigenvalue weighted by Gasteiger charge is -2.37. The molecule has 2 heterocycles. The number of hydrogen-bond acceptors (Lipinski definition) is 3. The Kier molecular flexibility index (Phi) is 8.09. The Bertz CT molecular complexity index is 2380. The van der Waals surface area contributed by atoms with Crippen molar-refractivity contribution in [2.24, 2.45) is 11.8 Å². The van der Waals surface area contributed by atoms with Crippen molar-refractivity contribution in [2.45, 2.75) is 50.4 Å². The molecule has 2 nitrogen and oxygen atoms in total. The van der Waals surface area contributed by atoms with Crippen molar-refractivity contribution in [1.29, 1.82) is 0 Å². The Labute approximate surface area is 315 Å². The van der Waals surface area contributed by atoms with Gasteiger partial charge in [-0.1, -0.05) is 96.6 Å². The van der Waals surface area contributed by atoms with Crippen LogP contribution in [0.1, 0.15) is 39.0 Å². The van der Waals surface area contributed by atoms with Crippen molar-refractivity contribution in [1.82, 2.24) is 0 Å². The zero-order valence-electron chi connectivity index (χ0n) is 29.7. The molecule has 4 heteroatoms. The zero-order valence-corrected chi connectivity index (χ0v) is 31.4. The van der Waals surface area contributed by atoms with Crippen LogP contribution < -0.4 is 4.90 Å². The third kappa shape index (κ3) is 5.18. The fraction of sp³-hybridized carbons (Fsp3) is 0.229. The summed E-state index contributed by atoms with van der Waals surface area (Å²) in [6, 6.07) is 24.7. The van der Waals surface area contributed by atoms with Crippen LogP contribution in [0.3, 0.4) is 0 Å². The fourth-order valence-corrected chi connectivity index (χ4v) is 11.8. The number of ether oxygens (including phenoxy) is 1. The molecule has 0 spiro atoms. The van der Waals surface area contributed by atoms with E-state index >= 15 is 0 Å². The number of anilines is 1. The molecule has 4 atom stereocenters. The van der Waals surface area contributed by atoms with Crippen LogP contribution in [0.15, 0.2) is 188 Å². The van der Waals surface area contributed by atoms with Crippen LogP contribution in [0.4, 0.5) is 5.69 Å². The summed E-state index contributed by atoms with van der Waals surface area (Å²) in [7, 11) is 0. The van der Waals surface area contributed by atoms with Gasteiger partial charge in [0.2, 0.25) is 0 Å². The average Bonchev–Trinajstić information content (AvgIpc) is 3.77. The predicted octanol–water partition coefficient (Wildman–Crippen LogP) is 11.7. The highest BCUT2D eigenvalue weighted by atomic mass is 32.2. The molecule has 52 heavy (non-hydrogen) atoms. The number of nitrogens with zero attached hydrogens (tertiary/aromatic N) is 1. The fourth-order valence-electron chi connectivity index (χ4n) is 9.33. The Balaban J connectivity index is 1.16. The Morgan fingerprint density at radius 1 is 0.923 bits per heavy atom. The van der Waals surface area contributed by atoms with Crippen molar-refractivity contribution in [3.63, 3.8) is 0 Å². The molecule has 0 saturated carbocycles. The highest BCUT2D eigenvalue weighted by molar-refractivity contribution is 8.04. The molecule has 2 aliphatic heterocycles. The van der Waals surface area contributed by atoms with Gasteiger partial charge in [0, 0.05) is 80.7 Å². The molecule has 1 fully saturated rings. The van der Waals surface area contributed by atoms with Gasteiger partial charge in [0.05, 0.1) is 11.4 Å². The Morgan fingerprint density at radius 3 is 2.69 bits per heavy atom. The topological polar surface area (TPSA) is 12.5 Å². The second-order valence-corrected chi connectivity index (χ2v) is 16.8. The number of rotatable bonds is 6. The first kappa shape index (κ1) is 32.1. The van der Waals surface area contributed by atoms with Gasteiger partial charge < -0.3 is 9.64 Å². The molecule has 5 aliphatic carbocycles. The lowest BCUT2D eigenvalue weighted by Crippen LogP contribution is -2.30. The number of hydrogen-bond donors (Lipinski definition) is 0. The second kappa shape index (κ2) is 13.1. The van der Waals surface area contributed by atoms with Gasteiger partial charge in [-0.05, 0) is 78.4 Å². The van der Waals surface area contributed by atoms with Crippen LogP contribution in [0.5, 0.6) is 0 Å². The van der Waals surface area contributed by atoms with Gasteiger partial charge in [0.15, 0.2) is 4.91 Å². The molecule has 0 bridgehead atoms. The number of thioether (sulfide) groups is 1. The molecular weight excluding hydrogens is 671 g/mol. The van der Waals surface area contributed by atoms with Gasteiger partial charge in [-0.15, -0.1) is 17.5 Å². The van der Waals surface area contributed by atoms with Gasteiger partial charge in [-0.3, -0.25) is 0 Å². The van der Waals surface area contributed by atoms with E-state index in [4.69, 9.17) is 4.74 Å². The summed E-state index contributed by atoms with van der Waals surface area (Å²) < 4.78 is 6.64. The molecule has 10 rings (SSSR count). The van der Waals surface area contributed by atoms with E-state index in [1.165, 1.54) is 83.5 Å². The first-order valence-corrected chi connectivity index (χ1v) is 21.0. The van der Waals surface area contributed by atoms with Crippen molar-refractivity contribution in [3.05, 3.63) is 188 Å².